The van der Waals surface area contributed by atoms with Crippen molar-refractivity contribution in [3.8, 4) is 11.1 Å². The largest absolute Gasteiger partial charge is 0.536 e. The van der Waals surface area contributed by atoms with E-state index in [9.17, 15) is 0 Å². The Balaban J connectivity index is 2.19. The van der Waals surface area contributed by atoms with Gasteiger partial charge in [-0.25, -0.2) is 0 Å². The van der Waals surface area contributed by atoms with Gasteiger partial charge in [0.1, 0.15) is 0 Å². The minimum absolute atomic E-state index is 0.909. The highest BCUT2D eigenvalue weighted by Crippen LogP contribution is 2.36. The van der Waals surface area contributed by atoms with E-state index in [1.54, 1.807) is 21.3 Å². The number of hydrogen-bond acceptors (Lipinski definition) is 3. The molecule has 3 rings (SSSR count). The Hall–Kier alpha value is -1.46. The van der Waals surface area contributed by atoms with E-state index in [4.69, 9.17) is 13.3 Å². The summed E-state index contributed by atoms with van der Waals surface area (Å²) in [6.45, 7) is 0. The molecule has 1 aliphatic carbocycles. The average Bonchev–Trinajstić information content (AvgIpc) is 2.89. The Kier molecular flexibility index (Phi) is 3.48. The molecule has 0 atom stereocenters. The van der Waals surface area contributed by atoms with Crippen molar-refractivity contribution in [2.24, 2.45) is 0 Å². The molecule has 0 saturated carbocycles. The van der Waals surface area contributed by atoms with Crippen LogP contribution in [0.5, 0.6) is 0 Å². The van der Waals surface area contributed by atoms with Gasteiger partial charge in [-0.3, -0.25) is 0 Å². The Labute approximate surface area is 120 Å². The normalized spacial score (nSPS) is 13.2. The van der Waals surface area contributed by atoms with Gasteiger partial charge < -0.3 is 13.3 Å². The molecule has 0 heterocycles. The standard InChI is InChI=1S/C16H18O3Si/c1-17-20(18-2,19-3)16-10-6-9-14-13-8-5-4-7-12(13)11-15(14)16/h4-10H,11H2,1-3H3. The molecule has 2 aromatic rings. The third-order valence-corrected chi connectivity index (χ3v) is 6.73. The van der Waals surface area contributed by atoms with Crippen LogP contribution in [0.3, 0.4) is 0 Å². The minimum Gasteiger partial charge on any atom is -0.373 e. The molecule has 0 amide bonds. The maximum atomic E-state index is 5.64. The first kappa shape index (κ1) is 13.5. The third-order valence-electron chi connectivity index (χ3n) is 3.99. The number of benzene rings is 2. The molecular weight excluding hydrogens is 268 g/mol. The number of rotatable bonds is 4. The Morgan fingerprint density at radius 1 is 0.800 bits per heavy atom. The van der Waals surface area contributed by atoms with Gasteiger partial charge in [0.25, 0.3) is 0 Å². The van der Waals surface area contributed by atoms with Crippen molar-refractivity contribution in [2.75, 3.05) is 21.3 Å². The van der Waals surface area contributed by atoms with Crippen LogP contribution in [0, 0.1) is 0 Å². The van der Waals surface area contributed by atoms with Crippen molar-refractivity contribution < 1.29 is 13.3 Å². The molecular formula is C16H18O3Si. The first-order valence-corrected chi connectivity index (χ1v) is 8.34. The molecule has 1 aliphatic rings. The number of hydrogen-bond donors (Lipinski definition) is 0. The molecule has 104 valence electrons. The zero-order valence-corrected chi connectivity index (χ0v) is 13.0. The average molecular weight is 286 g/mol. The van der Waals surface area contributed by atoms with Gasteiger partial charge in [0.2, 0.25) is 0 Å². The van der Waals surface area contributed by atoms with E-state index in [0.29, 0.717) is 0 Å². The van der Waals surface area contributed by atoms with E-state index in [1.165, 1.54) is 22.3 Å². The molecule has 0 saturated heterocycles. The van der Waals surface area contributed by atoms with Gasteiger partial charge in [-0.2, -0.15) is 0 Å². The smallest absolute Gasteiger partial charge is 0.373 e. The van der Waals surface area contributed by atoms with Gasteiger partial charge in [0.15, 0.2) is 0 Å². The second-order valence-corrected chi connectivity index (χ2v) is 7.71. The second-order valence-electron chi connectivity index (χ2n) is 4.83. The summed E-state index contributed by atoms with van der Waals surface area (Å²) in [5.74, 6) is 0. The maximum Gasteiger partial charge on any atom is 0.536 e. The quantitative estimate of drug-likeness (QED) is 0.689. The highest BCUT2D eigenvalue weighted by molar-refractivity contribution is 6.75. The van der Waals surface area contributed by atoms with E-state index in [1.807, 2.05) is 0 Å². The van der Waals surface area contributed by atoms with Crippen molar-refractivity contribution in [3.05, 3.63) is 53.6 Å². The van der Waals surface area contributed by atoms with Gasteiger partial charge in [0.05, 0.1) is 0 Å². The molecule has 20 heavy (non-hydrogen) atoms. The molecule has 0 fully saturated rings. The third kappa shape index (κ3) is 1.84. The Morgan fingerprint density at radius 2 is 1.45 bits per heavy atom. The van der Waals surface area contributed by atoms with E-state index in [2.05, 4.69) is 42.5 Å². The molecule has 3 nitrogen and oxygen atoms in total. The predicted molar refractivity (Wildman–Crippen MR) is 81.1 cm³/mol. The zero-order chi connectivity index (χ0) is 14.2. The number of fused-ring (bicyclic) bond motifs is 3. The van der Waals surface area contributed by atoms with Crippen molar-refractivity contribution in [1.29, 1.82) is 0 Å². The van der Waals surface area contributed by atoms with E-state index >= 15 is 0 Å². The van der Waals surface area contributed by atoms with Crippen LogP contribution in [-0.2, 0) is 19.7 Å². The Morgan fingerprint density at radius 3 is 2.15 bits per heavy atom. The van der Waals surface area contributed by atoms with Gasteiger partial charge in [0, 0.05) is 26.5 Å². The fourth-order valence-corrected chi connectivity index (χ4v) is 5.08. The molecule has 0 aromatic heterocycles. The lowest BCUT2D eigenvalue weighted by Crippen LogP contribution is -2.55. The monoisotopic (exact) mass is 286 g/mol. The molecule has 0 spiro atoms. The van der Waals surface area contributed by atoms with Crippen LogP contribution in [0.15, 0.2) is 42.5 Å². The van der Waals surface area contributed by atoms with Gasteiger partial charge >= 0.3 is 8.80 Å². The van der Waals surface area contributed by atoms with Crippen LogP contribution in [-0.4, -0.2) is 30.1 Å². The van der Waals surface area contributed by atoms with Crippen molar-refractivity contribution in [3.63, 3.8) is 0 Å². The fraction of sp³-hybridized carbons (Fsp3) is 0.250. The summed E-state index contributed by atoms with van der Waals surface area (Å²) >= 11 is 0. The summed E-state index contributed by atoms with van der Waals surface area (Å²) in [6, 6.07) is 14.8. The molecule has 0 bridgehead atoms. The molecule has 0 radical (unpaired) electrons. The second kappa shape index (κ2) is 5.14. The van der Waals surface area contributed by atoms with Crippen LogP contribution in [0.1, 0.15) is 11.1 Å². The summed E-state index contributed by atoms with van der Waals surface area (Å²) in [7, 11) is 2.17. The van der Waals surface area contributed by atoms with Crippen molar-refractivity contribution in [2.45, 2.75) is 6.42 Å². The van der Waals surface area contributed by atoms with Crippen LogP contribution in [0.25, 0.3) is 11.1 Å². The van der Waals surface area contributed by atoms with E-state index in [-0.39, 0.29) is 0 Å². The van der Waals surface area contributed by atoms with Crippen LogP contribution in [0.2, 0.25) is 0 Å². The van der Waals surface area contributed by atoms with E-state index < -0.39 is 8.80 Å². The molecule has 4 heteroatoms. The zero-order valence-electron chi connectivity index (χ0n) is 12.0. The molecule has 2 aromatic carbocycles. The van der Waals surface area contributed by atoms with Gasteiger partial charge in [-0.05, 0) is 28.7 Å². The molecule has 0 aliphatic heterocycles. The summed E-state index contributed by atoms with van der Waals surface area (Å²) in [6.07, 6.45) is 0.909. The topological polar surface area (TPSA) is 27.7 Å². The lowest BCUT2D eigenvalue weighted by atomic mass is 10.1. The maximum absolute atomic E-state index is 5.64. The molecule has 0 N–H and O–H groups in total. The predicted octanol–water partition coefficient (Wildman–Crippen LogP) is 2.34. The van der Waals surface area contributed by atoms with Crippen molar-refractivity contribution >= 4 is 14.0 Å². The van der Waals surface area contributed by atoms with Gasteiger partial charge in [-0.1, -0.05) is 42.5 Å². The SMILES string of the molecule is CO[Si](OC)(OC)c1cccc2c1Cc1ccccc1-2. The first-order valence-electron chi connectivity index (χ1n) is 6.62. The van der Waals surface area contributed by atoms with Crippen molar-refractivity contribution in [1.82, 2.24) is 0 Å². The Bertz CT molecular complexity index is 627. The van der Waals surface area contributed by atoms with E-state index in [0.717, 1.165) is 11.6 Å². The highest BCUT2D eigenvalue weighted by Gasteiger charge is 2.44. The summed E-state index contributed by atoms with van der Waals surface area (Å²) < 4.78 is 16.9. The van der Waals surface area contributed by atoms with Crippen LogP contribution >= 0.6 is 0 Å². The van der Waals surface area contributed by atoms with Gasteiger partial charge in [-0.15, -0.1) is 0 Å². The lowest BCUT2D eigenvalue weighted by Gasteiger charge is -2.26. The van der Waals surface area contributed by atoms with Crippen LogP contribution < -0.4 is 5.19 Å². The van der Waals surface area contributed by atoms with Crippen LogP contribution in [0.4, 0.5) is 0 Å². The minimum atomic E-state index is -2.79. The highest BCUT2D eigenvalue weighted by atomic mass is 28.4. The summed E-state index contributed by atoms with van der Waals surface area (Å²) in [5.41, 5.74) is 5.18. The lowest BCUT2D eigenvalue weighted by molar-refractivity contribution is 0.140. The first-order chi connectivity index (χ1) is 9.75. The molecule has 0 unspecified atom stereocenters. The fourth-order valence-electron chi connectivity index (χ4n) is 3.02. The summed E-state index contributed by atoms with van der Waals surface area (Å²) in [4.78, 5) is 0. The summed E-state index contributed by atoms with van der Waals surface area (Å²) in [5, 5.41) is 1.07.